The fourth-order valence-electron chi connectivity index (χ4n) is 3.92. The maximum atomic E-state index is 9.55. The Labute approximate surface area is 144 Å². The average Bonchev–Trinajstić information content (AvgIpc) is 2.41. The van der Waals surface area contributed by atoms with E-state index in [1.165, 1.54) is 45.6 Å². The second-order valence-electron chi connectivity index (χ2n) is 8.30. The molecule has 2 rings (SSSR count). The van der Waals surface area contributed by atoms with Crippen molar-refractivity contribution in [2.75, 3.05) is 32.7 Å². The van der Waals surface area contributed by atoms with Gasteiger partial charge in [0.2, 0.25) is 0 Å². The summed E-state index contributed by atoms with van der Waals surface area (Å²) in [5, 5.41) is 19.3. The van der Waals surface area contributed by atoms with Crippen LogP contribution in [0.25, 0.3) is 0 Å². The van der Waals surface area contributed by atoms with E-state index in [1.807, 2.05) is 0 Å². The van der Waals surface area contributed by atoms with Gasteiger partial charge in [0.05, 0.1) is 0 Å². The molecule has 2 fully saturated rings. The molecule has 0 saturated carbocycles. The Morgan fingerprint density at radius 2 is 1.54 bits per heavy atom. The van der Waals surface area contributed by atoms with Gasteiger partial charge < -0.3 is 20.4 Å². The highest BCUT2D eigenvalue weighted by Gasteiger charge is 2.45. The fourth-order valence-corrected chi connectivity index (χ4v) is 3.92. The quantitative estimate of drug-likeness (QED) is 0.664. The van der Waals surface area contributed by atoms with E-state index in [4.69, 9.17) is 10.2 Å². The Hall–Kier alpha value is -1.40. The largest absolute Gasteiger partial charge is 0.478 e. The minimum Gasteiger partial charge on any atom is -0.478 e. The molecule has 6 nitrogen and oxygen atoms in total. The highest BCUT2D eigenvalue weighted by molar-refractivity contribution is 5.89. The Balaban J connectivity index is 0.000000307. The van der Waals surface area contributed by atoms with Crippen LogP contribution >= 0.6 is 0 Å². The number of nitrogens with one attached hydrogen (secondary N) is 1. The molecule has 138 valence electrons. The summed E-state index contributed by atoms with van der Waals surface area (Å²) in [6.45, 7) is 15.9. The molecule has 3 N–H and O–H groups in total. The third kappa shape index (κ3) is 7.45. The van der Waals surface area contributed by atoms with Gasteiger partial charge in [0.1, 0.15) is 0 Å². The van der Waals surface area contributed by atoms with E-state index in [2.05, 4.69) is 37.9 Å². The molecule has 2 aliphatic rings. The number of hydrogen-bond acceptors (Lipinski definition) is 4. The molecule has 24 heavy (non-hydrogen) atoms. The Bertz CT molecular complexity index is 444. The van der Waals surface area contributed by atoms with E-state index in [0.717, 1.165) is 5.92 Å². The van der Waals surface area contributed by atoms with E-state index in [0.29, 0.717) is 23.0 Å². The maximum absolute atomic E-state index is 9.55. The van der Waals surface area contributed by atoms with Crippen LogP contribution in [0.5, 0.6) is 0 Å². The van der Waals surface area contributed by atoms with Gasteiger partial charge >= 0.3 is 11.9 Å². The summed E-state index contributed by atoms with van der Waals surface area (Å²) < 4.78 is 0. The standard InChI is InChI=1S/C14H28N2.C4H4O4/c1-12(2)5-6-16-10-13(3)7-14(4,11-16)9-15-8-13;5-3(6)1-2-4(7)8/h12,15H,5-11H2,1-4H3;1-2H,(H,5,6)(H,7,8)/t13-,14+;. The van der Waals surface area contributed by atoms with Crippen LogP contribution in [-0.4, -0.2) is 59.8 Å². The van der Waals surface area contributed by atoms with Gasteiger partial charge in [-0.25, -0.2) is 9.59 Å². The zero-order chi connectivity index (χ0) is 18.4. The summed E-state index contributed by atoms with van der Waals surface area (Å²) >= 11 is 0. The van der Waals surface area contributed by atoms with Crippen molar-refractivity contribution in [3.8, 4) is 0 Å². The molecule has 0 radical (unpaired) electrons. The van der Waals surface area contributed by atoms with Gasteiger partial charge in [0.25, 0.3) is 0 Å². The second-order valence-corrected chi connectivity index (χ2v) is 8.30. The lowest BCUT2D eigenvalue weighted by molar-refractivity contribution is -0.134. The van der Waals surface area contributed by atoms with Crippen molar-refractivity contribution >= 4 is 11.9 Å². The van der Waals surface area contributed by atoms with Crippen molar-refractivity contribution in [3.05, 3.63) is 12.2 Å². The van der Waals surface area contributed by atoms with Gasteiger partial charge in [0, 0.05) is 38.3 Å². The molecule has 0 aromatic rings. The molecule has 2 saturated heterocycles. The summed E-state index contributed by atoms with van der Waals surface area (Å²) in [6, 6.07) is 0. The summed E-state index contributed by atoms with van der Waals surface area (Å²) in [5.74, 6) is -1.68. The van der Waals surface area contributed by atoms with E-state index in [-0.39, 0.29) is 0 Å². The monoisotopic (exact) mass is 340 g/mol. The minimum absolute atomic E-state index is 0.516. The SMILES string of the molecule is CC(C)CCN1C[C@]2(C)CNC[C@](C)(C1)C2.O=C(O)C=CC(=O)O. The third-order valence-corrected chi connectivity index (χ3v) is 4.56. The lowest BCUT2D eigenvalue weighted by Gasteiger charge is -2.54. The predicted octanol–water partition coefficient (Wildman–Crippen LogP) is 2.07. The first-order chi connectivity index (χ1) is 11.0. The van der Waals surface area contributed by atoms with Crippen molar-refractivity contribution in [2.45, 2.75) is 40.5 Å². The van der Waals surface area contributed by atoms with Crippen LogP contribution in [0.2, 0.25) is 0 Å². The van der Waals surface area contributed by atoms with Crippen LogP contribution in [0.15, 0.2) is 12.2 Å². The first-order valence-electron chi connectivity index (χ1n) is 8.61. The van der Waals surface area contributed by atoms with Crippen molar-refractivity contribution < 1.29 is 19.8 Å². The highest BCUT2D eigenvalue weighted by Crippen LogP contribution is 2.42. The molecule has 2 aliphatic heterocycles. The normalized spacial score (nSPS) is 30.0. The molecule has 0 aliphatic carbocycles. The van der Waals surface area contributed by atoms with Crippen LogP contribution in [0, 0.1) is 16.7 Å². The third-order valence-electron chi connectivity index (χ3n) is 4.56. The number of nitrogens with zero attached hydrogens (tertiary/aromatic N) is 1. The van der Waals surface area contributed by atoms with Crippen LogP contribution in [-0.2, 0) is 9.59 Å². The molecule has 2 atom stereocenters. The number of carboxylic acids is 2. The van der Waals surface area contributed by atoms with Crippen LogP contribution in [0.3, 0.4) is 0 Å². The highest BCUT2D eigenvalue weighted by atomic mass is 16.4. The Morgan fingerprint density at radius 3 is 1.92 bits per heavy atom. The molecule has 6 heteroatoms. The smallest absolute Gasteiger partial charge is 0.328 e. The van der Waals surface area contributed by atoms with Gasteiger partial charge in [-0.2, -0.15) is 0 Å². The molecule has 0 amide bonds. The number of aliphatic carboxylic acids is 2. The summed E-state index contributed by atoms with van der Waals surface area (Å²) in [4.78, 5) is 21.8. The van der Waals surface area contributed by atoms with Gasteiger partial charge in [-0.3, -0.25) is 0 Å². The molecule has 0 aromatic heterocycles. The van der Waals surface area contributed by atoms with E-state index in [1.54, 1.807) is 0 Å². The molecule has 2 heterocycles. The Kier molecular flexibility index (Phi) is 7.42. The lowest BCUT2D eigenvalue weighted by Crippen LogP contribution is -2.61. The summed E-state index contributed by atoms with van der Waals surface area (Å²) in [6.07, 6.45) is 3.87. The maximum Gasteiger partial charge on any atom is 0.328 e. The molecule has 0 spiro atoms. The first kappa shape index (κ1) is 20.6. The van der Waals surface area contributed by atoms with Crippen molar-refractivity contribution in [1.29, 1.82) is 0 Å². The molecular formula is C18H32N2O4. The topological polar surface area (TPSA) is 89.9 Å². The minimum atomic E-state index is -1.26. The van der Waals surface area contributed by atoms with Crippen molar-refractivity contribution in [1.82, 2.24) is 10.2 Å². The van der Waals surface area contributed by atoms with Gasteiger partial charge in [-0.1, -0.05) is 27.7 Å². The fraction of sp³-hybridized carbons (Fsp3) is 0.778. The van der Waals surface area contributed by atoms with Crippen LogP contribution < -0.4 is 5.32 Å². The summed E-state index contributed by atoms with van der Waals surface area (Å²) in [5.41, 5.74) is 1.03. The number of fused-ring (bicyclic) bond motifs is 2. The summed E-state index contributed by atoms with van der Waals surface area (Å²) in [7, 11) is 0. The molecule has 0 aromatic carbocycles. The molecule has 0 unspecified atom stereocenters. The molecule has 2 bridgehead atoms. The zero-order valence-electron chi connectivity index (χ0n) is 15.3. The second kappa shape index (κ2) is 8.62. The van der Waals surface area contributed by atoms with Gasteiger partial charge in [0.15, 0.2) is 0 Å². The van der Waals surface area contributed by atoms with Gasteiger partial charge in [-0.05, 0) is 36.1 Å². The lowest BCUT2D eigenvalue weighted by atomic mass is 9.66. The van der Waals surface area contributed by atoms with E-state index in [9.17, 15) is 9.59 Å². The molecular weight excluding hydrogens is 308 g/mol. The number of piperidine rings is 2. The van der Waals surface area contributed by atoms with Gasteiger partial charge in [-0.15, -0.1) is 0 Å². The number of likely N-dealkylation sites (tertiary alicyclic amines) is 1. The number of hydrogen-bond donors (Lipinski definition) is 3. The van der Waals surface area contributed by atoms with E-state index >= 15 is 0 Å². The van der Waals surface area contributed by atoms with Crippen LogP contribution in [0.4, 0.5) is 0 Å². The average molecular weight is 340 g/mol. The number of rotatable bonds is 5. The first-order valence-corrected chi connectivity index (χ1v) is 8.61. The number of carboxylic acid groups (broad SMARTS) is 2. The zero-order valence-corrected chi connectivity index (χ0v) is 15.3. The van der Waals surface area contributed by atoms with Crippen LogP contribution in [0.1, 0.15) is 40.5 Å². The van der Waals surface area contributed by atoms with Crippen molar-refractivity contribution in [2.24, 2.45) is 16.7 Å². The number of carbonyl (C=O) groups is 2. The predicted molar refractivity (Wildman–Crippen MR) is 94.0 cm³/mol. The van der Waals surface area contributed by atoms with E-state index < -0.39 is 11.9 Å². The van der Waals surface area contributed by atoms with Crippen molar-refractivity contribution in [3.63, 3.8) is 0 Å². The Morgan fingerprint density at radius 1 is 1.08 bits per heavy atom.